The Bertz CT molecular complexity index is 423. The van der Waals surface area contributed by atoms with Crippen LogP contribution < -0.4 is 10.6 Å². The maximum Gasteiger partial charge on any atom is 0.191 e. The Morgan fingerprint density at radius 2 is 2.15 bits per heavy atom. The van der Waals surface area contributed by atoms with Gasteiger partial charge in [-0.15, -0.1) is 35.3 Å². The van der Waals surface area contributed by atoms with E-state index in [1.807, 2.05) is 13.8 Å². The Labute approximate surface area is 142 Å². The summed E-state index contributed by atoms with van der Waals surface area (Å²) >= 11 is 1.71. The number of ether oxygens (including phenoxy) is 1. The summed E-state index contributed by atoms with van der Waals surface area (Å²) < 4.78 is 5.11. The van der Waals surface area contributed by atoms with Crippen LogP contribution in [0.2, 0.25) is 0 Å². The SMILES string of the molecule is CCNC(=NCc1sc(C)nc1C)NC(C)COC.I. The number of halogens is 1. The van der Waals surface area contributed by atoms with Crippen molar-refractivity contribution in [3.8, 4) is 0 Å². The lowest BCUT2D eigenvalue weighted by molar-refractivity contribution is 0.179. The van der Waals surface area contributed by atoms with E-state index in [-0.39, 0.29) is 30.0 Å². The van der Waals surface area contributed by atoms with E-state index in [2.05, 4.69) is 34.5 Å². The first-order chi connectivity index (χ1) is 9.06. The molecule has 0 fully saturated rings. The van der Waals surface area contributed by atoms with Gasteiger partial charge in [-0.2, -0.15) is 0 Å². The molecule has 0 aliphatic rings. The predicted octanol–water partition coefficient (Wildman–Crippen LogP) is 2.47. The van der Waals surface area contributed by atoms with Crippen LogP contribution in [0.5, 0.6) is 0 Å². The monoisotopic (exact) mass is 412 g/mol. The molecule has 20 heavy (non-hydrogen) atoms. The molecule has 1 unspecified atom stereocenters. The number of methoxy groups -OCH3 is 1. The number of nitrogens with one attached hydrogen (secondary N) is 2. The maximum atomic E-state index is 5.11. The van der Waals surface area contributed by atoms with Gasteiger partial charge in [-0.1, -0.05) is 0 Å². The Balaban J connectivity index is 0.00000361. The quantitative estimate of drug-likeness (QED) is 0.428. The van der Waals surface area contributed by atoms with Gasteiger partial charge in [0.1, 0.15) is 0 Å². The standard InChI is InChI=1S/C13H24N4OS.HI/c1-6-14-13(16-9(2)8-18-5)15-7-12-10(3)17-11(4)19-12;/h9H,6-8H2,1-5H3,(H2,14,15,16);1H. The number of thiazole rings is 1. The lowest BCUT2D eigenvalue weighted by Gasteiger charge is -2.16. The third-order valence-corrected chi connectivity index (χ3v) is 3.58. The first kappa shape index (κ1) is 19.6. The van der Waals surface area contributed by atoms with Gasteiger partial charge in [-0.05, 0) is 27.7 Å². The summed E-state index contributed by atoms with van der Waals surface area (Å²) in [5, 5.41) is 7.64. The lowest BCUT2D eigenvalue weighted by atomic mass is 10.3. The van der Waals surface area contributed by atoms with E-state index in [1.54, 1.807) is 18.4 Å². The third-order valence-electron chi connectivity index (χ3n) is 2.52. The lowest BCUT2D eigenvalue weighted by Crippen LogP contribution is -2.43. The molecule has 1 heterocycles. The second kappa shape index (κ2) is 10.3. The van der Waals surface area contributed by atoms with Gasteiger partial charge in [0, 0.05) is 24.6 Å². The minimum absolute atomic E-state index is 0. The molecule has 0 radical (unpaired) electrons. The molecule has 1 aromatic rings. The average Bonchev–Trinajstić information content (AvgIpc) is 2.65. The zero-order chi connectivity index (χ0) is 14.3. The maximum absolute atomic E-state index is 5.11. The van der Waals surface area contributed by atoms with Crippen molar-refractivity contribution in [1.29, 1.82) is 0 Å². The molecule has 0 aliphatic heterocycles. The molecule has 0 aromatic carbocycles. The van der Waals surface area contributed by atoms with E-state index < -0.39 is 0 Å². The highest BCUT2D eigenvalue weighted by Gasteiger charge is 2.07. The summed E-state index contributed by atoms with van der Waals surface area (Å²) in [5.74, 6) is 0.817. The van der Waals surface area contributed by atoms with Gasteiger partial charge in [0.25, 0.3) is 0 Å². The average molecular weight is 412 g/mol. The minimum Gasteiger partial charge on any atom is -0.383 e. The topological polar surface area (TPSA) is 58.5 Å². The van der Waals surface area contributed by atoms with Crippen molar-refractivity contribution in [3.05, 3.63) is 15.6 Å². The predicted molar refractivity (Wildman–Crippen MR) is 96.3 cm³/mol. The van der Waals surface area contributed by atoms with Crippen LogP contribution in [0.4, 0.5) is 0 Å². The van der Waals surface area contributed by atoms with Crippen molar-refractivity contribution in [1.82, 2.24) is 15.6 Å². The number of guanidine groups is 1. The smallest absolute Gasteiger partial charge is 0.191 e. The zero-order valence-corrected chi connectivity index (χ0v) is 16.0. The van der Waals surface area contributed by atoms with Gasteiger partial charge in [0.05, 0.1) is 23.9 Å². The van der Waals surface area contributed by atoms with Gasteiger partial charge in [0.15, 0.2) is 5.96 Å². The van der Waals surface area contributed by atoms with Crippen molar-refractivity contribution in [2.75, 3.05) is 20.3 Å². The number of hydrogen-bond donors (Lipinski definition) is 2. The summed E-state index contributed by atoms with van der Waals surface area (Å²) in [7, 11) is 1.70. The number of rotatable bonds is 6. The molecule has 2 N–H and O–H groups in total. The number of aryl methyl sites for hydroxylation is 2. The fourth-order valence-corrected chi connectivity index (χ4v) is 2.58. The molecule has 1 atom stereocenters. The highest BCUT2D eigenvalue weighted by molar-refractivity contribution is 14.0. The van der Waals surface area contributed by atoms with Crippen LogP contribution in [-0.2, 0) is 11.3 Å². The molecule has 0 saturated heterocycles. The Morgan fingerprint density at radius 3 is 2.65 bits per heavy atom. The second-order valence-electron chi connectivity index (χ2n) is 4.44. The summed E-state index contributed by atoms with van der Waals surface area (Å²) in [6, 6.07) is 0.229. The molecule has 1 aromatic heterocycles. The molecule has 0 spiro atoms. The molecular formula is C13H25IN4OS. The van der Waals surface area contributed by atoms with E-state index >= 15 is 0 Å². The molecule has 1 rings (SSSR count). The molecular weight excluding hydrogens is 387 g/mol. The van der Waals surface area contributed by atoms with E-state index in [4.69, 9.17) is 4.74 Å². The molecule has 0 aliphatic carbocycles. The highest BCUT2D eigenvalue weighted by atomic mass is 127. The fraction of sp³-hybridized carbons (Fsp3) is 0.692. The Hall–Kier alpha value is -0.410. The number of nitrogens with zero attached hydrogens (tertiary/aromatic N) is 2. The molecule has 7 heteroatoms. The van der Waals surface area contributed by atoms with Crippen molar-refractivity contribution in [3.63, 3.8) is 0 Å². The van der Waals surface area contributed by atoms with Crippen molar-refractivity contribution in [2.24, 2.45) is 4.99 Å². The van der Waals surface area contributed by atoms with Crippen LogP contribution in [0, 0.1) is 13.8 Å². The Kier molecular flexibility index (Phi) is 10.1. The second-order valence-corrected chi connectivity index (χ2v) is 5.73. The summed E-state index contributed by atoms with van der Waals surface area (Å²) in [6.45, 7) is 10.3. The van der Waals surface area contributed by atoms with Crippen LogP contribution in [0.15, 0.2) is 4.99 Å². The highest BCUT2D eigenvalue weighted by Crippen LogP contribution is 2.17. The van der Waals surface area contributed by atoms with Crippen LogP contribution in [-0.4, -0.2) is 37.2 Å². The third kappa shape index (κ3) is 6.85. The molecule has 5 nitrogen and oxygen atoms in total. The van der Waals surface area contributed by atoms with Gasteiger partial charge in [-0.25, -0.2) is 9.98 Å². The number of aliphatic imine (C=N–C) groups is 1. The molecule has 0 amide bonds. The van der Waals surface area contributed by atoms with Crippen molar-refractivity contribution < 1.29 is 4.74 Å². The first-order valence-corrected chi connectivity index (χ1v) is 7.35. The van der Waals surface area contributed by atoms with Gasteiger partial charge < -0.3 is 15.4 Å². The summed E-state index contributed by atoms with van der Waals surface area (Å²) in [6.07, 6.45) is 0. The van der Waals surface area contributed by atoms with Crippen LogP contribution >= 0.6 is 35.3 Å². The summed E-state index contributed by atoms with van der Waals surface area (Å²) in [5.41, 5.74) is 1.08. The van der Waals surface area contributed by atoms with E-state index in [0.29, 0.717) is 13.2 Å². The number of aromatic nitrogens is 1. The summed E-state index contributed by atoms with van der Waals surface area (Å²) in [4.78, 5) is 10.2. The van der Waals surface area contributed by atoms with Crippen molar-refractivity contribution in [2.45, 2.75) is 40.3 Å². The zero-order valence-electron chi connectivity index (χ0n) is 12.8. The van der Waals surface area contributed by atoms with Crippen LogP contribution in [0.3, 0.4) is 0 Å². The largest absolute Gasteiger partial charge is 0.383 e. The Morgan fingerprint density at radius 1 is 1.45 bits per heavy atom. The van der Waals surface area contributed by atoms with Gasteiger partial charge in [-0.3, -0.25) is 0 Å². The van der Waals surface area contributed by atoms with E-state index in [1.165, 1.54) is 4.88 Å². The molecule has 116 valence electrons. The van der Waals surface area contributed by atoms with E-state index in [0.717, 1.165) is 23.2 Å². The fourth-order valence-electron chi connectivity index (χ4n) is 1.72. The first-order valence-electron chi connectivity index (χ1n) is 6.53. The van der Waals surface area contributed by atoms with Crippen LogP contribution in [0.25, 0.3) is 0 Å². The molecule has 0 bridgehead atoms. The van der Waals surface area contributed by atoms with Crippen molar-refractivity contribution >= 4 is 41.3 Å². The molecule has 0 saturated carbocycles. The minimum atomic E-state index is 0. The van der Waals surface area contributed by atoms with Gasteiger partial charge >= 0.3 is 0 Å². The number of hydrogen-bond acceptors (Lipinski definition) is 4. The van der Waals surface area contributed by atoms with E-state index in [9.17, 15) is 0 Å². The van der Waals surface area contributed by atoms with Gasteiger partial charge in [0.2, 0.25) is 0 Å². The normalized spacial score (nSPS) is 12.8. The van der Waals surface area contributed by atoms with Crippen LogP contribution in [0.1, 0.15) is 29.4 Å².